The molecule has 0 aliphatic carbocycles. The first-order valence-corrected chi connectivity index (χ1v) is 8.37. The second kappa shape index (κ2) is 6.68. The zero-order valence-corrected chi connectivity index (χ0v) is 14.4. The largest absolute Gasteiger partial charge is 0.359 e. The van der Waals surface area contributed by atoms with E-state index >= 15 is 0 Å². The molecule has 0 radical (unpaired) electrons. The van der Waals surface area contributed by atoms with E-state index in [1.807, 2.05) is 31.2 Å². The van der Waals surface area contributed by atoms with Crippen LogP contribution in [0.5, 0.6) is 0 Å². The maximum absolute atomic E-state index is 13.5. The zero-order valence-electron chi connectivity index (χ0n) is 14.4. The molecule has 0 aliphatic heterocycles. The number of carbonyl (C=O) groups is 1. The summed E-state index contributed by atoms with van der Waals surface area (Å²) in [5, 5.41) is 9.95. The quantitative estimate of drug-likeness (QED) is 0.503. The van der Waals surface area contributed by atoms with Crippen LogP contribution in [0.1, 0.15) is 27.3 Å². The highest BCUT2D eigenvalue weighted by Crippen LogP contribution is 2.26. The Morgan fingerprint density at radius 1 is 1.11 bits per heavy atom. The van der Waals surface area contributed by atoms with Crippen molar-refractivity contribution in [3.05, 3.63) is 82.8 Å². The lowest BCUT2D eigenvalue weighted by atomic mass is 10.1. The van der Waals surface area contributed by atoms with Crippen molar-refractivity contribution in [1.82, 2.24) is 15.2 Å². The third-order valence-corrected chi connectivity index (χ3v) is 4.35. The van der Waals surface area contributed by atoms with Gasteiger partial charge in [0.2, 0.25) is 0 Å². The van der Waals surface area contributed by atoms with Crippen LogP contribution in [0, 0.1) is 18.6 Å². The lowest BCUT2D eigenvalue weighted by Crippen LogP contribution is -2.12. The van der Waals surface area contributed by atoms with E-state index < -0.39 is 17.5 Å². The lowest BCUT2D eigenvalue weighted by Gasteiger charge is -2.01. The standard InChI is InChI=1S/C20H16F2N4O/c1-11-2-4-12(5-3-11)6-13-7-18(26-25-13)20(27)24-19-10-23-17-9-16(22)15(21)8-14(17)19/h2-5,7-10,23H,6H2,1H3,(H,24,27)(H,25,26). The molecule has 5 nitrogen and oxygen atoms in total. The molecule has 0 bridgehead atoms. The fraction of sp³-hybridized carbons (Fsp3) is 0.100. The summed E-state index contributed by atoms with van der Waals surface area (Å²) in [4.78, 5) is 15.2. The van der Waals surface area contributed by atoms with E-state index in [2.05, 4.69) is 20.5 Å². The van der Waals surface area contributed by atoms with E-state index in [1.165, 1.54) is 11.8 Å². The summed E-state index contributed by atoms with van der Waals surface area (Å²) >= 11 is 0. The summed E-state index contributed by atoms with van der Waals surface area (Å²) in [6.45, 7) is 2.02. The highest BCUT2D eigenvalue weighted by atomic mass is 19.2. The Morgan fingerprint density at radius 3 is 2.63 bits per heavy atom. The number of halogens is 2. The van der Waals surface area contributed by atoms with Crippen LogP contribution in [0.15, 0.2) is 48.7 Å². The second-order valence-corrected chi connectivity index (χ2v) is 6.41. The lowest BCUT2D eigenvalue weighted by molar-refractivity contribution is 0.102. The minimum atomic E-state index is -0.974. The average molecular weight is 366 g/mol. The Hall–Kier alpha value is -3.48. The highest BCUT2D eigenvalue weighted by molar-refractivity contribution is 6.08. The van der Waals surface area contributed by atoms with Crippen LogP contribution in [0.3, 0.4) is 0 Å². The van der Waals surface area contributed by atoms with Gasteiger partial charge < -0.3 is 10.3 Å². The molecule has 2 heterocycles. The predicted octanol–water partition coefficient (Wildman–Crippen LogP) is 4.32. The number of carbonyl (C=O) groups excluding carboxylic acids is 1. The summed E-state index contributed by atoms with van der Waals surface area (Å²) < 4.78 is 26.8. The molecular weight excluding hydrogens is 350 g/mol. The van der Waals surface area contributed by atoms with E-state index in [9.17, 15) is 13.6 Å². The molecule has 4 rings (SSSR count). The van der Waals surface area contributed by atoms with Gasteiger partial charge in [0, 0.05) is 29.8 Å². The average Bonchev–Trinajstić information content (AvgIpc) is 3.25. The molecule has 2 aromatic heterocycles. The molecule has 0 fully saturated rings. The van der Waals surface area contributed by atoms with Crippen LogP contribution in [-0.2, 0) is 6.42 Å². The van der Waals surface area contributed by atoms with Gasteiger partial charge in [0.1, 0.15) is 0 Å². The van der Waals surface area contributed by atoms with Gasteiger partial charge in [0.15, 0.2) is 17.3 Å². The summed E-state index contributed by atoms with van der Waals surface area (Å²) in [6, 6.07) is 11.9. The molecule has 0 saturated heterocycles. The van der Waals surface area contributed by atoms with E-state index in [4.69, 9.17) is 0 Å². The molecule has 0 aliphatic rings. The number of fused-ring (bicyclic) bond motifs is 1. The first-order chi connectivity index (χ1) is 13.0. The summed E-state index contributed by atoms with van der Waals surface area (Å²) in [5.41, 5.74) is 4.05. The monoisotopic (exact) mass is 366 g/mol. The Morgan fingerprint density at radius 2 is 1.85 bits per heavy atom. The predicted molar refractivity (Wildman–Crippen MR) is 98.7 cm³/mol. The number of benzene rings is 2. The topological polar surface area (TPSA) is 73.6 Å². The van der Waals surface area contributed by atoms with Crippen molar-refractivity contribution in [2.45, 2.75) is 13.3 Å². The number of nitrogens with zero attached hydrogens (tertiary/aromatic N) is 1. The number of rotatable bonds is 4. The SMILES string of the molecule is Cc1ccc(Cc2cc(C(=O)Nc3c[nH]c4cc(F)c(F)cc34)n[nH]2)cc1. The highest BCUT2D eigenvalue weighted by Gasteiger charge is 2.15. The number of hydrogen-bond acceptors (Lipinski definition) is 2. The van der Waals surface area contributed by atoms with Crippen molar-refractivity contribution >= 4 is 22.5 Å². The van der Waals surface area contributed by atoms with Crippen LogP contribution in [0.2, 0.25) is 0 Å². The van der Waals surface area contributed by atoms with Crippen molar-refractivity contribution in [2.24, 2.45) is 0 Å². The summed E-state index contributed by atoms with van der Waals surface area (Å²) in [6.07, 6.45) is 2.11. The molecule has 0 atom stereocenters. The van der Waals surface area contributed by atoms with E-state index in [1.54, 1.807) is 6.07 Å². The Bertz CT molecular complexity index is 1130. The van der Waals surface area contributed by atoms with Gasteiger partial charge in [-0.1, -0.05) is 29.8 Å². The van der Waals surface area contributed by atoms with Gasteiger partial charge in [0.25, 0.3) is 5.91 Å². The number of hydrogen-bond donors (Lipinski definition) is 3. The van der Waals surface area contributed by atoms with E-state index in [0.717, 1.165) is 23.4 Å². The minimum Gasteiger partial charge on any atom is -0.359 e. The molecule has 0 spiro atoms. The molecule has 2 aromatic carbocycles. The Labute approximate surface area is 153 Å². The number of aromatic amines is 2. The molecule has 3 N–H and O–H groups in total. The van der Waals surface area contributed by atoms with Crippen LogP contribution in [0.4, 0.5) is 14.5 Å². The first kappa shape index (κ1) is 17.0. The third-order valence-electron chi connectivity index (χ3n) is 4.35. The number of aryl methyl sites for hydroxylation is 1. The fourth-order valence-electron chi connectivity index (χ4n) is 2.90. The minimum absolute atomic E-state index is 0.217. The van der Waals surface area contributed by atoms with Crippen molar-refractivity contribution in [3.8, 4) is 0 Å². The number of nitrogens with one attached hydrogen (secondary N) is 3. The fourth-order valence-corrected chi connectivity index (χ4v) is 2.90. The molecule has 27 heavy (non-hydrogen) atoms. The van der Waals surface area contributed by atoms with Crippen LogP contribution in [-0.4, -0.2) is 21.1 Å². The van der Waals surface area contributed by atoms with Crippen molar-refractivity contribution in [2.75, 3.05) is 5.32 Å². The van der Waals surface area contributed by atoms with Gasteiger partial charge in [-0.2, -0.15) is 5.10 Å². The molecule has 0 unspecified atom stereocenters. The maximum atomic E-state index is 13.5. The molecule has 0 saturated carbocycles. The van der Waals surface area contributed by atoms with Crippen LogP contribution in [0.25, 0.3) is 10.9 Å². The first-order valence-electron chi connectivity index (χ1n) is 8.37. The van der Waals surface area contributed by atoms with Crippen molar-refractivity contribution < 1.29 is 13.6 Å². The van der Waals surface area contributed by atoms with Crippen LogP contribution >= 0.6 is 0 Å². The Kier molecular flexibility index (Phi) is 4.19. The number of H-pyrrole nitrogens is 2. The third kappa shape index (κ3) is 3.44. The summed E-state index contributed by atoms with van der Waals surface area (Å²) in [7, 11) is 0. The zero-order chi connectivity index (χ0) is 19.0. The van der Waals surface area contributed by atoms with E-state index in [0.29, 0.717) is 23.0 Å². The number of amides is 1. The molecule has 136 valence electrons. The smallest absolute Gasteiger partial charge is 0.276 e. The summed E-state index contributed by atoms with van der Waals surface area (Å²) in [5.74, 6) is -2.36. The molecule has 7 heteroatoms. The van der Waals surface area contributed by atoms with Gasteiger partial charge in [-0.25, -0.2) is 8.78 Å². The van der Waals surface area contributed by atoms with Gasteiger partial charge >= 0.3 is 0 Å². The van der Waals surface area contributed by atoms with Crippen molar-refractivity contribution in [1.29, 1.82) is 0 Å². The van der Waals surface area contributed by atoms with Gasteiger partial charge in [0.05, 0.1) is 11.2 Å². The van der Waals surface area contributed by atoms with Gasteiger partial charge in [-0.15, -0.1) is 0 Å². The van der Waals surface area contributed by atoms with Crippen LogP contribution < -0.4 is 5.32 Å². The number of anilines is 1. The molecule has 4 aromatic rings. The van der Waals surface area contributed by atoms with Crippen molar-refractivity contribution in [3.63, 3.8) is 0 Å². The number of aromatic nitrogens is 3. The van der Waals surface area contributed by atoms with E-state index in [-0.39, 0.29) is 5.69 Å². The molecule has 1 amide bonds. The Balaban J connectivity index is 1.51. The normalized spacial score (nSPS) is 11.1. The van der Waals surface area contributed by atoms with Gasteiger partial charge in [-0.05, 0) is 24.6 Å². The maximum Gasteiger partial charge on any atom is 0.276 e. The molecular formula is C20H16F2N4O. The van der Waals surface area contributed by atoms with Gasteiger partial charge in [-0.3, -0.25) is 9.89 Å². The second-order valence-electron chi connectivity index (χ2n) is 6.41.